The largest absolute Gasteiger partial charge is 0.507 e. The lowest BCUT2D eigenvalue weighted by Gasteiger charge is -2.19. The van der Waals surface area contributed by atoms with Crippen molar-refractivity contribution in [3.05, 3.63) is 60.7 Å². The Labute approximate surface area is 204 Å². The Bertz CT molecular complexity index is 1320. The molecule has 6 heteroatoms. The first kappa shape index (κ1) is 22.0. The maximum atomic E-state index is 11.0. The van der Waals surface area contributed by atoms with Crippen LogP contribution in [0.15, 0.2) is 60.7 Å². The molecule has 0 saturated carbocycles. The summed E-state index contributed by atoms with van der Waals surface area (Å²) in [6, 6.07) is 19.4. The number of anilines is 1. The third kappa shape index (κ3) is 4.03. The first-order chi connectivity index (χ1) is 16.9. The van der Waals surface area contributed by atoms with E-state index in [1.54, 1.807) is 6.07 Å². The summed E-state index contributed by atoms with van der Waals surface area (Å²) in [5.74, 6) is 1.01. The van der Waals surface area contributed by atoms with E-state index in [2.05, 4.69) is 0 Å². The minimum Gasteiger partial charge on any atom is -0.507 e. The van der Waals surface area contributed by atoms with Gasteiger partial charge in [-0.1, -0.05) is 24.3 Å². The van der Waals surface area contributed by atoms with Crippen LogP contribution in [-0.2, 0) is 9.47 Å². The van der Waals surface area contributed by atoms with Crippen LogP contribution in [0.1, 0.15) is 26.7 Å². The Kier molecular flexibility index (Phi) is 5.24. The topological polar surface area (TPSA) is 83.2 Å². The highest BCUT2D eigenvalue weighted by Gasteiger charge is 2.40. The molecule has 1 saturated heterocycles. The van der Waals surface area contributed by atoms with Crippen molar-refractivity contribution < 1.29 is 24.1 Å². The summed E-state index contributed by atoms with van der Waals surface area (Å²) in [5, 5.41) is 14.8. The molecule has 2 heterocycles. The highest BCUT2D eigenvalue weighted by molar-refractivity contribution is 6.11. The van der Waals surface area contributed by atoms with Crippen molar-refractivity contribution in [1.29, 1.82) is 0 Å². The smallest absolute Gasteiger partial charge is 0.163 e. The number of benzene rings is 4. The van der Waals surface area contributed by atoms with E-state index in [0.29, 0.717) is 37.3 Å². The van der Waals surface area contributed by atoms with E-state index in [0.717, 1.165) is 38.6 Å². The Balaban J connectivity index is 1.53. The van der Waals surface area contributed by atoms with E-state index in [1.165, 1.54) is 0 Å². The number of ether oxygens (including phenoxy) is 4. The molecule has 35 heavy (non-hydrogen) atoms. The Morgan fingerprint density at radius 1 is 0.743 bits per heavy atom. The summed E-state index contributed by atoms with van der Waals surface area (Å²) in [6.07, 6.45) is 1.24. The van der Waals surface area contributed by atoms with Crippen molar-refractivity contribution >= 4 is 27.2 Å². The van der Waals surface area contributed by atoms with Crippen molar-refractivity contribution in [3.63, 3.8) is 0 Å². The van der Waals surface area contributed by atoms with Gasteiger partial charge in [0.2, 0.25) is 0 Å². The van der Waals surface area contributed by atoms with Gasteiger partial charge in [-0.15, -0.1) is 0 Å². The summed E-state index contributed by atoms with van der Waals surface area (Å²) in [4.78, 5) is 0. The molecule has 0 unspecified atom stereocenters. The number of aromatic hydroxyl groups is 1. The van der Waals surface area contributed by atoms with Gasteiger partial charge in [-0.2, -0.15) is 0 Å². The van der Waals surface area contributed by atoms with Crippen molar-refractivity contribution in [3.8, 4) is 28.4 Å². The van der Waals surface area contributed by atoms with Gasteiger partial charge in [0.1, 0.15) is 17.2 Å². The lowest BCUT2D eigenvalue weighted by molar-refractivity contribution is -0.147. The van der Waals surface area contributed by atoms with Crippen LogP contribution >= 0.6 is 0 Å². The first-order valence-corrected chi connectivity index (χ1v) is 12.1. The van der Waals surface area contributed by atoms with Crippen LogP contribution in [0.2, 0.25) is 0 Å². The molecule has 0 aliphatic carbocycles. The van der Waals surface area contributed by atoms with E-state index in [4.69, 9.17) is 24.7 Å². The second-order valence-corrected chi connectivity index (χ2v) is 9.74. The van der Waals surface area contributed by atoms with Crippen LogP contribution in [0.4, 0.5) is 5.69 Å². The Morgan fingerprint density at radius 2 is 1.26 bits per heavy atom. The number of phenolic OH excluding ortho intramolecular Hbond substituents is 1. The van der Waals surface area contributed by atoms with Gasteiger partial charge in [0.15, 0.2) is 5.79 Å². The van der Waals surface area contributed by atoms with Crippen molar-refractivity contribution in [1.82, 2.24) is 0 Å². The van der Waals surface area contributed by atoms with Crippen LogP contribution in [0.25, 0.3) is 32.7 Å². The number of phenols is 1. The van der Waals surface area contributed by atoms with E-state index in [1.807, 2.05) is 68.4 Å². The van der Waals surface area contributed by atoms with Gasteiger partial charge in [-0.25, -0.2) is 0 Å². The summed E-state index contributed by atoms with van der Waals surface area (Å²) >= 11 is 0. The van der Waals surface area contributed by atoms with Crippen LogP contribution in [0.3, 0.4) is 0 Å². The second-order valence-electron chi connectivity index (χ2n) is 9.74. The normalized spacial score (nSPS) is 21.7. The average molecular weight is 472 g/mol. The fourth-order valence-electron chi connectivity index (χ4n) is 5.31. The fraction of sp³-hybridized carbons (Fsp3) is 0.310. The van der Waals surface area contributed by atoms with E-state index < -0.39 is 5.79 Å². The molecule has 4 aromatic carbocycles. The highest BCUT2D eigenvalue weighted by Crippen LogP contribution is 2.44. The van der Waals surface area contributed by atoms with E-state index in [-0.39, 0.29) is 18.0 Å². The fourth-order valence-corrected chi connectivity index (χ4v) is 5.31. The zero-order valence-electron chi connectivity index (χ0n) is 19.9. The molecule has 0 spiro atoms. The van der Waals surface area contributed by atoms with Crippen LogP contribution in [-0.4, -0.2) is 36.3 Å². The van der Waals surface area contributed by atoms with Gasteiger partial charge in [-0.05, 0) is 71.8 Å². The predicted molar refractivity (Wildman–Crippen MR) is 137 cm³/mol. The van der Waals surface area contributed by atoms with Crippen molar-refractivity contribution in [2.75, 3.05) is 18.9 Å². The molecule has 2 aliphatic rings. The quantitative estimate of drug-likeness (QED) is 0.305. The average Bonchev–Trinajstić information content (AvgIpc) is 3.12. The van der Waals surface area contributed by atoms with Gasteiger partial charge in [0.05, 0.1) is 25.4 Å². The van der Waals surface area contributed by atoms with Crippen molar-refractivity contribution in [2.24, 2.45) is 0 Å². The van der Waals surface area contributed by atoms with Crippen molar-refractivity contribution in [2.45, 2.75) is 44.7 Å². The Hall–Kier alpha value is -3.48. The molecular weight excluding hydrogens is 442 g/mol. The zero-order valence-corrected chi connectivity index (χ0v) is 19.9. The summed E-state index contributed by atoms with van der Waals surface area (Å²) in [7, 11) is 0. The molecule has 4 bridgehead atoms. The number of hydrogen-bond acceptors (Lipinski definition) is 6. The van der Waals surface area contributed by atoms with Gasteiger partial charge in [0, 0.05) is 29.7 Å². The zero-order chi connectivity index (χ0) is 24.2. The monoisotopic (exact) mass is 471 g/mol. The summed E-state index contributed by atoms with van der Waals surface area (Å²) in [5.41, 5.74) is 8.59. The number of nitrogen functional groups attached to an aromatic ring is 1. The Morgan fingerprint density at radius 3 is 1.86 bits per heavy atom. The lowest BCUT2D eigenvalue weighted by Crippen LogP contribution is -2.26. The van der Waals surface area contributed by atoms with Gasteiger partial charge < -0.3 is 29.8 Å². The first-order valence-electron chi connectivity index (χ1n) is 12.1. The highest BCUT2D eigenvalue weighted by atomic mass is 16.8. The van der Waals surface area contributed by atoms with E-state index >= 15 is 0 Å². The molecule has 6 rings (SSSR count). The molecule has 0 aromatic heterocycles. The van der Waals surface area contributed by atoms with Crippen LogP contribution < -0.4 is 15.2 Å². The van der Waals surface area contributed by atoms with Crippen LogP contribution in [0, 0.1) is 0 Å². The molecule has 180 valence electrons. The predicted octanol–water partition coefficient (Wildman–Crippen LogP) is 6.02. The molecule has 2 aliphatic heterocycles. The third-order valence-electron chi connectivity index (χ3n) is 6.87. The maximum absolute atomic E-state index is 11.0. The third-order valence-corrected chi connectivity index (χ3v) is 6.87. The number of rotatable bonds is 0. The molecule has 2 atom stereocenters. The number of hydrogen-bond donors (Lipinski definition) is 2. The molecule has 3 N–H and O–H groups in total. The minimum absolute atomic E-state index is 0.0756. The molecule has 0 amide bonds. The maximum Gasteiger partial charge on any atom is 0.163 e. The molecular formula is C29H29NO5. The summed E-state index contributed by atoms with van der Waals surface area (Å²) in [6.45, 7) is 4.86. The lowest BCUT2D eigenvalue weighted by atomic mass is 9.91. The standard InChI is InChI=1S/C29H29NO5/c1-29(2)34-25-11-13-32-19-7-3-17-5-9-23(30)27(21(17)15-19)28-22-16-20(33-14-12-26(25)35-29)8-4-18(22)6-10-24(28)31/h3-10,15-16,25-26,31H,11-14,30H2,1-2H3/t25-,26-/m1/s1. The second kappa shape index (κ2) is 8.33. The molecule has 4 aromatic rings. The van der Waals surface area contributed by atoms with Crippen LogP contribution in [0.5, 0.6) is 17.2 Å². The molecule has 1 fully saturated rings. The van der Waals surface area contributed by atoms with Gasteiger partial charge in [-0.3, -0.25) is 0 Å². The number of fused-ring (bicyclic) bond motifs is 4. The SMILES string of the molecule is CC1(C)O[C@@H]2CCOc3ccc4ccc(N)c(c4c3)-c3c(O)ccc4ccc(cc34)OCC[C@H]2O1. The minimum atomic E-state index is -0.636. The molecule has 6 nitrogen and oxygen atoms in total. The summed E-state index contributed by atoms with van der Waals surface area (Å²) < 4.78 is 24.6. The molecule has 0 radical (unpaired) electrons. The van der Waals surface area contributed by atoms with Gasteiger partial charge in [0.25, 0.3) is 0 Å². The number of nitrogens with two attached hydrogens (primary N) is 1. The van der Waals surface area contributed by atoms with Gasteiger partial charge >= 0.3 is 0 Å². The van der Waals surface area contributed by atoms with E-state index in [9.17, 15) is 5.11 Å².